The van der Waals surface area contributed by atoms with Gasteiger partial charge in [0.25, 0.3) is 0 Å². The highest BCUT2D eigenvalue weighted by atomic mass is 16.5. The summed E-state index contributed by atoms with van der Waals surface area (Å²) >= 11 is 0. The normalized spacial score (nSPS) is 29.1. The molecule has 0 aromatic carbocycles. The maximum absolute atomic E-state index is 11.3. The predicted octanol–water partition coefficient (Wildman–Crippen LogP) is 1.40. The third-order valence-electron chi connectivity index (χ3n) is 3.85. The summed E-state index contributed by atoms with van der Waals surface area (Å²) in [5.41, 5.74) is -0.641. The Balaban J connectivity index is 1.84. The van der Waals surface area contributed by atoms with Crippen LogP contribution in [0.2, 0.25) is 0 Å². The number of ether oxygens (including phenoxy) is 1. The van der Waals surface area contributed by atoms with Crippen LogP contribution < -0.4 is 5.32 Å². The van der Waals surface area contributed by atoms with Gasteiger partial charge in [0.2, 0.25) is 0 Å². The molecule has 1 heterocycles. The molecule has 2 N–H and O–H groups in total. The molecule has 2 aliphatic rings. The molecule has 0 bridgehead atoms. The minimum absolute atomic E-state index is 0.491. The summed E-state index contributed by atoms with van der Waals surface area (Å²) in [7, 11) is 0. The zero-order valence-corrected chi connectivity index (χ0v) is 9.71. The van der Waals surface area contributed by atoms with E-state index in [1.165, 1.54) is 0 Å². The Bertz CT molecular complexity index is 243. The first-order chi connectivity index (χ1) is 7.73. The molecule has 1 saturated heterocycles. The lowest BCUT2D eigenvalue weighted by atomic mass is 9.95. The Kier molecular flexibility index (Phi) is 3.82. The van der Waals surface area contributed by atoms with E-state index < -0.39 is 11.5 Å². The second kappa shape index (κ2) is 5.15. The van der Waals surface area contributed by atoms with E-state index in [2.05, 4.69) is 5.32 Å². The molecule has 1 unspecified atom stereocenters. The van der Waals surface area contributed by atoms with Crippen molar-refractivity contribution in [2.45, 2.75) is 44.1 Å². The van der Waals surface area contributed by atoms with Gasteiger partial charge in [0.1, 0.15) is 5.54 Å². The first-order valence-electron chi connectivity index (χ1n) is 6.29. The maximum Gasteiger partial charge on any atom is 0.323 e. The Morgan fingerprint density at radius 2 is 2.12 bits per heavy atom. The molecule has 1 aliphatic heterocycles. The fourth-order valence-electron chi connectivity index (χ4n) is 2.75. The zero-order valence-electron chi connectivity index (χ0n) is 9.71. The molecule has 0 radical (unpaired) electrons. The number of carboxylic acid groups (broad SMARTS) is 1. The van der Waals surface area contributed by atoms with Crippen molar-refractivity contribution < 1.29 is 14.6 Å². The average Bonchev–Trinajstić information content (AvgIpc) is 2.78. The van der Waals surface area contributed by atoms with E-state index in [9.17, 15) is 9.90 Å². The van der Waals surface area contributed by atoms with Gasteiger partial charge in [-0.05, 0) is 31.6 Å². The summed E-state index contributed by atoms with van der Waals surface area (Å²) in [6.45, 7) is 2.43. The summed E-state index contributed by atoms with van der Waals surface area (Å²) in [6, 6.07) is 0. The van der Waals surface area contributed by atoms with E-state index >= 15 is 0 Å². The van der Waals surface area contributed by atoms with Crippen molar-refractivity contribution in [3.63, 3.8) is 0 Å². The molecule has 4 heteroatoms. The van der Waals surface area contributed by atoms with Gasteiger partial charge in [-0.2, -0.15) is 0 Å². The molecule has 16 heavy (non-hydrogen) atoms. The largest absolute Gasteiger partial charge is 0.480 e. The zero-order chi connectivity index (χ0) is 11.4. The van der Waals surface area contributed by atoms with Crippen molar-refractivity contribution in [3.05, 3.63) is 0 Å². The SMILES string of the molecule is O=C(O)C1(NCC2CCCOC2)CCCC1. The lowest BCUT2D eigenvalue weighted by molar-refractivity contribution is -0.144. The van der Waals surface area contributed by atoms with E-state index in [0.29, 0.717) is 5.92 Å². The Morgan fingerprint density at radius 3 is 2.69 bits per heavy atom. The van der Waals surface area contributed by atoms with Gasteiger partial charge in [-0.15, -0.1) is 0 Å². The van der Waals surface area contributed by atoms with Crippen molar-refractivity contribution in [3.8, 4) is 0 Å². The van der Waals surface area contributed by atoms with Gasteiger partial charge in [-0.1, -0.05) is 12.8 Å². The van der Waals surface area contributed by atoms with Gasteiger partial charge >= 0.3 is 5.97 Å². The van der Waals surface area contributed by atoms with Gasteiger partial charge in [-0.3, -0.25) is 4.79 Å². The third kappa shape index (κ3) is 2.55. The molecule has 0 amide bonds. The Morgan fingerprint density at radius 1 is 1.38 bits per heavy atom. The van der Waals surface area contributed by atoms with E-state index in [-0.39, 0.29) is 0 Å². The number of carbonyl (C=O) groups is 1. The molecule has 0 spiro atoms. The van der Waals surface area contributed by atoms with E-state index in [4.69, 9.17) is 4.74 Å². The van der Waals surface area contributed by atoms with Crippen LogP contribution in [0.5, 0.6) is 0 Å². The number of nitrogens with one attached hydrogen (secondary N) is 1. The highest BCUT2D eigenvalue weighted by Gasteiger charge is 2.41. The fraction of sp³-hybridized carbons (Fsp3) is 0.917. The van der Waals surface area contributed by atoms with E-state index in [1.807, 2.05) is 0 Å². The van der Waals surface area contributed by atoms with Crippen molar-refractivity contribution in [1.82, 2.24) is 5.32 Å². The minimum atomic E-state index is -0.679. The molecule has 1 saturated carbocycles. The summed E-state index contributed by atoms with van der Waals surface area (Å²) in [6.07, 6.45) is 5.86. The lowest BCUT2D eigenvalue weighted by Gasteiger charge is -2.29. The highest BCUT2D eigenvalue weighted by Crippen LogP contribution is 2.30. The van der Waals surface area contributed by atoms with Crippen LogP contribution in [0.3, 0.4) is 0 Å². The lowest BCUT2D eigenvalue weighted by Crippen LogP contribution is -2.52. The quantitative estimate of drug-likeness (QED) is 0.762. The standard InChI is InChI=1S/C12H21NO3/c14-11(15)12(5-1-2-6-12)13-8-10-4-3-7-16-9-10/h10,13H,1-9H2,(H,14,15). The van der Waals surface area contributed by atoms with Gasteiger partial charge in [0, 0.05) is 13.2 Å². The maximum atomic E-state index is 11.3. The summed E-state index contributed by atoms with van der Waals surface area (Å²) < 4.78 is 5.40. The number of hydrogen-bond acceptors (Lipinski definition) is 3. The fourth-order valence-corrected chi connectivity index (χ4v) is 2.75. The van der Waals surface area contributed by atoms with Crippen LogP contribution in [0.15, 0.2) is 0 Å². The van der Waals surface area contributed by atoms with Crippen LogP contribution in [-0.2, 0) is 9.53 Å². The molecule has 0 aromatic heterocycles. The first-order valence-corrected chi connectivity index (χ1v) is 6.29. The first kappa shape index (κ1) is 11.9. The molecule has 92 valence electrons. The summed E-state index contributed by atoms with van der Waals surface area (Å²) in [5.74, 6) is -0.188. The Hall–Kier alpha value is -0.610. The third-order valence-corrected chi connectivity index (χ3v) is 3.85. The predicted molar refractivity (Wildman–Crippen MR) is 60.4 cm³/mol. The number of aliphatic carboxylic acids is 1. The molecule has 2 rings (SSSR count). The number of rotatable bonds is 4. The highest BCUT2D eigenvalue weighted by molar-refractivity contribution is 5.79. The summed E-state index contributed by atoms with van der Waals surface area (Å²) in [5, 5.41) is 12.6. The second-order valence-corrected chi connectivity index (χ2v) is 5.06. The van der Waals surface area contributed by atoms with Crippen molar-refractivity contribution in [2.75, 3.05) is 19.8 Å². The van der Waals surface area contributed by atoms with Crippen molar-refractivity contribution >= 4 is 5.97 Å². The average molecular weight is 227 g/mol. The summed E-state index contributed by atoms with van der Waals surface area (Å²) in [4.78, 5) is 11.3. The van der Waals surface area contributed by atoms with Gasteiger partial charge in [0.05, 0.1) is 6.61 Å². The molecule has 0 aromatic rings. The Labute approximate surface area is 96.4 Å². The number of carboxylic acids is 1. The van der Waals surface area contributed by atoms with Crippen molar-refractivity contribution in [2.24, 2.45) is 5.92 Å². The van der Waals surface area contributed by atoms with Crippen LogP contribution in [-0.4, -0.2) is 36.4 Å². The van der Waals surface area contributed by atoms with Crippen LogP contribution in [0.4, 0.5) is 0 Å². The molecular weight excluding hydrogens is 206 g/mol. The van der Waals surface area contributed by atoms with Gasteiger partial charge in [-0.25, -0.2) is 0 Å². The molecular formula is C12H21NO3. The van der Waals surface area contributed by atoms with Crippen LogP contribution >= 0.6 is 0 Å². The molecule has 1 aliphatic carbocycles. The van der Waals surface area contributed by atoms with E-state index in [0.717, 1.165) is 58.3 Å². The topological polar surface area (TPSA) is 58.6 Å². The minimum Gasteiger partial charge on any atom is -0.480 e. The van der Waals surface area contributed by atoms with Gasteiger partial charge in [0.15, 0.2) is 0 Å². The molecule has 1 atom stereocenters. The van der Waals surface area contributed by atoms with Crippen LogP contribution in [0.25, 0.3) is 0 Å². The van der Waals surface area contributed by atoms with E-state index in [1.54, 1.807) is 0 Å². The van der Waals surface area contributed by atoms with Crippen LogP contribution in [0.1, 0.15) is 38.5 Å². The van der Waals surface area contributed by atoms with Crippen molar-refractivity contribution in [1.29, 1.82) is 0 Å². The second-order valence-electron chi connectivity index (χ2n) is 5.06. The molecule has 4 nitrogen and oxygen atoms in total. The van der Waals surface area contributed by atoms with Gasteiger partial charge < -0.3 is 15.2 Å². The smallest absolute Gasteiger partial charge is 0.323 e. The monoisotopic (exact) mass is 227 g/mol. The number of hydrogen-bond donors (Lipinski definition) is 2. The molecule has 2 fully saturated rings. The van der Waals surface area contributed by atoms with Crippen LogP contribution in [0, 0.1) is 5.92 Å².